The largest absolute Gasteiger partial charge is 0.364 e. The molecule has 0 atom stereocenters. The maximum absolute atomic E-state index is 12.4. The summed E-state index contributed by atoms with van der Waals surface area (Å²) < 4.78 is 22.8. The van der Waals surface area contributed by atoms with E-state index in [2.05, 4.69) is 5.32 Å². The Morgan fingerprint density at radius 1 is 1.23 bits per heavy atom. The first kappa shape index (κ1) is 16.7. The minimum absolute atomic E-state index is 0.0535. The van der Waals surface area contributed by atoms with Crippen molar-refractivity contribution in [1.82, 2.24) is 15.3 Å². The highest BCUT2D eigenvalue weighted by Crippen LogP contribution is 2.15. The van der Waals surface area contributed by atoms with Crippen molar-refractivity contribution in [2.75, 3.05) is 26.4 Å². The Morgan fingerprint density at radius 3 is 2.36 bits per heavy atom. The van der Waals surface area contributed by atoms with Gasteiger partial charge in [0.2, 0.25) is 5.91 Å². The van der Waals surface area contributed by atoms with E-state index in [1.165, 1.54) is 12.1 Å². The Kier molecular flexibility index (Phi) is 5.02. The zero-order valence-electron chi connectivity index (χ0n) is 12.6. The van der Waals surface area contributed by atoms with Crippen molar-refractivity contribution in [3.05, 3.63) is 29.8 Å². The first-order valence-corrected chi connectivity index (χ1v) is 9.21. The number of hydrogen-bond acceptors (Lipinski definition) is 4. The molecule has 1 heterocycles. The maximum Gasteiger partial charge on any atom is 0.245 e. The van der Waals surface area contributed by atoms with Gasteiger partial charge in [0.1, 0.15) is 0 Å². The summed E-state index contributed by atoms with van der Waals surface area (Å²) in [5.74, 6) is -0.0535. The Balaban J connectivity index is 2.07. The predicted octanol–water partition coefficient (Wildman–Crippen LogP) is 0.586. The molecule has 8 heteroatoms. The molecule has 0 bridgehead atoms. The Labute approximate surface area is 136 Å². The third kappa shape index (κ3) is 3.75. The molecule has 1 fully saturated rings. The van der Waals surface area contributed by atoms with Crippen LogP contribution in [0.5, 0.6) is 0 Å². The normalized spacial score (nSPS) is 15.0. The van der Waals surface area contributed by atoms with Crippen LogP contribution < -0.4 is 5.32 Å². The van der Waals surface area contributed by atoms with Gasteiger partial charge in [-0.1, -0.05) is 12.1 Å². The quantitative estimate of drug-likeness (QED) is 0.812. The van der Waals surface area contributed by atoms with Crippen molar-refractivity contribution in [3.63, 3.8) is 0 Å². The van der Waals surface area contributed by atoms with Gasteiger partial charge in [0, 0.05) is 26.4 Å². The van der Waals surface area contributed by atoms with Crippen molar-refractivity contribution in [2.45, 2.75) is 17.7 Å². The number of amides is 1. The minimum Gasteiger partial charge on any atom is -0.364 e. The van der Waals surface area contributed by atoms with Gasteiger partial charge < -0.3 is 5.32 Å². The van der Waals surface area contributed by atoms with Crippen molar-refractivity contribution in [3.8, 4) is 0 Å². The van der Waals surface area contributed by atoms with Crippen LogP contribution in [0.15, 0.2) is 29.2 Å². The third-order valence-electron chi connectivity index (χ3n) is 3.47. The van der Waals surface area contributed by atoms with Gasteiger partial charge in [0.25, 0.3) is 0 Å². The SMILES string of the molecule is CNC(=S)N1CCCN1C(=O)Cc1ccc(S(C)(=O)=O)cc1. The molecule has 2 rings (SSSR count). The zero-order chi connectivity index (χ0) is 16.3. The molecule has 120 valence electrons. The van der Waals surface area contributed by atoms with Crippen LogP contribution in [0.4, 0.5) is 0 Å². The van der Waals surface area contributed by atoms with Gasteiger partial charge in [-0.25, -0.2) is 8.42 Å². The van der Waals surface area contributed by atoms with Crippen molar-refractivity contribution >= 4 is 33.1 Å². The van der Waals surface area contributed by atoms with Crippen LogP contribution in [0, 0.1) is 0 Å². The molecule has 1 saturated heterocycles. The molecule has 0 saturated carbocycles. The molecule has 0 aromatic heterocycles. The monoisotopic (exact) mass is 341 g/mol. The van der Waals surface area contributed by atoms with Crippen molar-refractivity contribution in [1.29, 1.82) is 0 Å². The number of hydrogen-bond donors (Lipinski definition) is 1. The molecule has 0 radical (unpaired) electrons. The first-order chi connectivity index (χ1) is 10.3. The number of sulfone groups is 1. The molecule has 0 spiro atoms. The van der Waals surface area contributed by atoms with E-state index in [1.807, 2.05) is 0 Å². The Morgan fingerprint density at radius 2 is 1.82 bits per heavy atom. The summed E-state index contributed by atoms with van der Waals surface area (Å²) in [4.78, 5) is 12.7. The van der Waals surface area contributed by atoms with E-state index in [-0.39, 0.29) is 17.2 Å². The lowest BCUT2D eigenvalue weighted by Gasteiger charge is -2.29. The van der Waals surface area contributed by atoms with E-state index < -0.39 is 9.84 Å². The molecule has 1 N–H and O–H groups in total. The average Bonchev–Trinajstić information content (AvgIpc) is 2.95. The molecule has 0 aliphatic carbocycles. The fourth-order valence-corrected chi connectivity index (χ4v) is 3.15. The topological polar surface area (TPSA) is 69.7 Å². The Bertz CT molecular complexity index is 671. The molecule has 0 unspecified atom stereocenters. The molecule has 1 aromatic carbocycles. The summed E-state index contributed by atoms with van der Waals surface area (Å²) in [6.45, 7) is 1.36. The number of rotatable bonds is 3. The molecule has 6 nitrogen and oxygen atoms in total. The second-order valence-corrected chi connectivity index (χ2v) is 7.54. The summed E-state index contributed by atoms with van der Waals surface area (Å²) in [5.41, 5.74) is 0.777. The predicted molar refractivity (Wildman–Crippen MR) is 87.9 cm³/mol. The molecule has 22 heavy (non-hydrogen) atoms. The molecule has 1 aliphatic rings. The van der Waals surface area contributed by atoms with E-state index in [0.29, 0.717) is 11.7 Å². The van der Waals surface area contributed by atoms with Crippen LogP contribution in [-0.4, -0.2) is 55.8 Å². The van der Waals surface area contributed by atoms with Crippen LogP contribution in [-0.2, 0) is 21.1 Å². The number of nitrogens with zero attached hydrogens (tertiary/aromatic N) is 2. The fourth-order valence-electron chi connectivity index (χ4n) is 2.33. The lowest BCUT2D eigenvalue weighted by Crippen LogP contribution is -2.48. The van der Waals surface area contributed by atoms with E-state index in [1.54, 1.807) is 29.2 Å². The van der Waals surface area contributed by atoms with E-state index >= 15 is 0 Å². The fraction of sp³-hybridized carbons (Fsp3) is 0.429. The van der Waals surface area contributed by atoms with Gasteiger partial charge in [0.15, 0.2) is 14.9 Å². The molecule has 1 aromatic rings. The van der Waals surface area contributed by atoms with Crippen molar-refractivity contribution in [2.24, 2.45) is 0 Å². The average molecular weight is 341 g/mol. The maximum atomic E-state index is 12.4. The van der Waals surface area contributed by atoms with Gasteiger partial charge in [-0.3, -0.25) is 14.8 Å². The number of hydrazine groups is 1. The van der Waals surface area contributed by atoms with Gasteiger partial charge in [-0.05, 0) is 36.3 Å². The minimum atomic E-state index is -3.22. The summed E-state index contributed by atoms with van der Waals surface area (Å²) in [6, 6.07) is 6.39. The number of benzene rings is 1. The summed E-state index contributed by atoms with van der Waals surface area (Å²) >= 11 is 5.19. The van der Waals surface area contributed by atoms with Gasteiger partial charge >= 0.3 is 0 Å². The molecular formula is C14H19N3O3S2. The number of carbonyl (C=O) groups excluding carboxylic acids is 1. The van der Waals surface area contributed by atoms with Crippen LogP contribution in [0.1, 0.15) is 12.0 Å². The zero-order valence-corrected chi connectivity index (χ0v) is 14.2. The molecule has 1 aliphatic heterocycles. The number of thiocarbonyl (C=S) groups is 1. The lowest BCUT2D eigenvalue weighted by atomic mass is 10.1. The summed E-state index contributed by atoms with van der Waals surface area (Å²) in [5, 5.41) is 6.81. The van der Waals surface area contributed by atoms with E-state index in [9.17, 15) is 13.2 Å². The van der Waals surface area contributed by atoms with Gasteiger partial charge in [0.05, 0.1) is 11.3 Å². The summed E-state index contributed by atoms with van der Waals surface area (Å²) in [7, 11) is -1.49. The van der Waals surface area contributed by atoms with Crippen LogP contribution >= 0.6 is 12.2 Å². The molecule has 1 amide bonds. The van der Waals surface area contributed by atoms with Crippen molar-refractivity contribution < 1.29 is 13.2 Å². The van der Waals surface area contributed by atoms with Gasteiger partial charge in [-0.2, -0.15) is 0 Å². The smallest absolute Gasteiger partial charge is 0.245 e. The second-order valence-electron chi connectivity index (χ2n) is 5.14. The standard InChI is InChI=1S/C14H19N3O3S2/c1-15-14(21)17-9-3-8-16(17)13(18)10-11-4-6-12(7-5-11)22(2,19)20/h4-7H,3,8-10H2,1-2H3,(H,15,21). The number of carbonyl (C=O) groups is 1. The van der Waals surface area contributed by atoms with E-state index in [0.717, 1.165) is 24.8 Å². The summed E-state index contributed by atoms with van der Waals surface area (Å²) in [6.07, 6.45) is 2.25. The highest BCUT2D eigenvalue weighted by atomic mass is 32.2. The first-order valence-electron chi connectivity index (χ1n) is 6.91. The lowest BCUT2D eigenvalue weighted by molar-refractivity contribution is -0.138. The molecular weight excluding hydrogens is 322 g/mol. The highest BCUT2D eigenvalue weighted by molar-refractivity contribution is 7.90. The number of nitrogens with one attached hydrogen (secondary N) is 1. The van der Waals surface area contributed by atoms with E-state index in [4.69, 9.17) is 12.2 Å². The van der Waals surface area contributed by atoms with Crippen LogP contribution in [0.3, 0.4) is 0 Å². The second kappa shape index (κ2) is 6.62. The van der Waals surface area contributed by atoms with Crippen LogP contribution in [0.25, 0.3) is 0 Å². The van der Waals surface area contributed by atoms with Gasteiger partial charge in [-0.15, -0.1) is 0 Å². The third-order valence-corrected chi connectivity index (χ3v) is 5.02. The Hall–Kier alpha value is -1.67. The highest BCUT2D eigenvalue weighted by Gasteiger charge is 2.28. The van der Waals surface area contributed by atoms with Crippen LogP contribution in [0.2, 0.25) is 0 Å².